The first kappa shape index (κ1) is 13.7. The van der Waals surface area contributed by atoms with Crippen LogP contribution in [0.25, 0.3) is 0 Å². The quantitative estimate of drug-likeness (QED) is 0.469. The van der Waals surface area contributed by atoms with Gasteiger partial charge in [0.2, 0.25) is 0 Å². The Morgan fingerprint density at radius 3 is 2.75 bits per heavy atom. The second kappa shape index (κ2) is 6.46. The lowest BCUT2D eigenvalue weighted by atomic mass is 10.2. The summed E-state index contributed by atoms with van der Waals surface area (Å²) >= 11 is 0. The Kier molecular flexibility index (Phi) is 4.43. The maximum atomic E-state index is 11.0. The average molecular weight is 274 g/mol. The standard InChI is InChI=1S/C13H14N4O3/c1-3-19-13-6-11(4-5-12(13)20-10(2)18)7-16-17-8-14-15-9-17/h4-9H,3H2,1-2H3/b16-7+. The Morgan fingerprint density at radius 1 is 1.35 bits per heavy atom. The number of ether oxygens (including phenoxy) is 2. The molecule has 0 spiro atoms. The van der Waals surface area contributed by atoms with E-state index in [9.17, 15) is 4.79 Å². The van der Waals surface area contributed by atoms with Crippen molar-refractivity contribution in [2.75, 3.05) is 6.61 Å². The molecule has 0 aliphatic heterocycles. The van der Waals surface area contributed by atoms with Gasteiger partial charge < -0.3 is 9.47 Å². The molecule has 20 heavy (non-hydrogen) atoms. The highest BCUT2D eigenvalue weighted by Crippen LogP contribution is 2.28. The number of aromatic nitrogens is 3. The van der Waals surface area contributed by atoms with Gasteiger partial charge in [0.05, 0.1) is 12.8 Å². The first-order valence-corrected chi connectivity index (χ1v) is 6.03. The van der Waals surface area contributed by atoms with Crippen LogP contribution in [0, 0.1) is 0 Å². The molecule has 1 aromatic heterocycles. The summed E-state index contributed by atoms with van der Waals surface area (Å²) in [5.74, 6) is 0.494. The van der Waals surface area contributed by atoms with Gasteiger partial charge in [0.25, 0.3) is 0 Å². The van der Waals surface area contributed by atoms with E-state index >= 15 is 0 Å². The summed E-state index contributed by atoms with van der Waals surface area (Å²) < 4.78 is 12.0. The largest absolute Gasteiger partial charge is 0.490 e. The summed E-state index contributed by atoms with van der Waals surface area (Å²) in [5.41, 5.74) is 0.804. The molecule has 0 atom stereocenters. The van der Waals surface area contributed by atoms with Crippen LogP contribution >= 0.6 is 0 Å². The van der Waals surface area contributed by atoms with E-state index in [0.29, 0.717) is 18.1 Å². The topological polar surface area (TPSA) is 78.6 Å². The second-order valence-electron chi connectivity index (χ2n) is 3.82. The maximum absolute atomic E-state index is 11.0. The molecular weight excluding hydrogens is 260 g/mol. The molecule has 0 unspecified atom stereocenters. The normalized spacial score (nSPS) is 10.7. The number of hydrogen-bond donors (Lipinski definition) is 0. The fraction of sp³-hybridized carbons (Fsp3) is 0.231. The Labute approximate surface area is 115 Å². The summed E-state index contributed by atoms with van der Waals surface area (Å²) in [6.07, 6.45) is 4.59. The van der Waals surface area contributed by atoms with Crippen molar-refractivity contribution in [3.05, 3.63) is 36.4 Å². The van der Waals surface area contributed by atoms with Crippen LogP contribution in [0.1, 0.15) is 19.4 Å². The number of esters is 1. The number of nitrogens with zero attached hydrogens (tertiary/aromatic N) is 4. The summed E-state index contributed by atoms with van der Waals surface area (Å²) in [4.78, 5) is 11.0. The van der Waals surface area contributed by atoms with Crippen molar-refractivity contribution in [3.63, 3.8) is 0 Å². The minimum absolute atomic E-state index is 0.390. The van der Waals surface area contributed by atoms with Crippen molar-refractivity contribution in [2.24, 2.45) is 5.10 Å². The molecule has 7 heteroatoms. The van der Waals surface area contributed by atoms with Gasteiger partial charge in [-0.2, -0.15) is 5.10 Å². The molecule has 104 valence electrons. The van der Waals surface area contributed by atoms with Gasteiger partial charge in [-0.1, -0.05) is 0 Å². The predicted molar refractivity (Wildman–Crippen MR) is 71.9 cm³/mol. The van der Waals surface area contributed by atoms with Gasteiger partial charge in [-0.25, -0.2) is 4.68 Å². The molecule has 7 nitrogen and oxygen atoms in total. The number of benzene rings is 1. The maximum Gasteiger partial charge on any atom is 0.308 e. The van der Waals surface area contributed by atoms with Crippen molar-refractivity contribution in [1.82, 2.24) is 14.9 Å². The molecule has 2 rings (SSSR count). The van der Waals surface area contributed by atoms with E-state index in [4.69, 9.17) is 9.47 Å². The van der Waals surface area contributed by atoms with Crippen LogP contribution in [0.3, 0.4) is 0 Å². The van der Waals surface area contributed by atoms with Gasteiger partial charge in [-0.15, -0.1) is 10.2 Å². The smallest absolute Gasteiger partial charge is 0.308 e. The Hall–Kier alpha value is -2.70. The Bertz CT molecular complexity index is 608. The first-order chi connectivity index (χ1) is 9.69. The van der Waals surface area contributed by atoms with Crippen molar-refractivity contribution in [1.29, 1.82) is 0 Å². The molecule has 0 fully saturated rings. The third kappa shape index (κ3) is 3.64. The van der Waals surface area contributed by atoms with Crippen LogP contribution in [0.2, 0.25) is 0 Å². The number of carbonyl (C=O) groups excluding carboxylic acids is 1. The molecule has 1 aromatic carbocycles. The van der Waals surface area contributed by atoms with Gasteiger partial charge in [-0.05, 0) is 30.7 Å². The van der Waals surface area contributed by atoms with Gasteiger partial charge >= 0.3 is 5.97 Å². The van der Waals surface area contributed by atoms with Crippen molar-refractivity contribution >= 4 is 12.2 Å². The lowest BCUT2D eigenvalue weighted by Gasteiger charge is -2.09. The predicted octanol–water partition coefficient (Wildman–Crippen LogP) is 1.48. The Morgan fingerprint density at radius 2 is 2.10 bits per heavy atom. The van der Waals surface area contributed by atoms with E-state index in [-0.39, 0.29) is 0 Å². The third-order valence-electron chi connectivity index (χ3n) is 2.27. The molecule has 0 N–H and O–H groups in total. The monoisotopic (exact) mass is 274 g/mol. The first-order valence-electron chi connectivity index (χ1n) is 6.03. The minimum atomic E-state index is -0.392. The van der Waals surface area contributed by atoms with E-state index in [1.54, 1.807) is 24.4 Å². The van der Waals surface area contributed by atoms with Crippen molar-refractivity contribution in [2.45, 2.75) is 13.8 Å². The van der Waals surface area contributed by atoms with E-state index in [0.717, 1.165) is 5.56 Å². The zero-order valence-corrected chi connectivity index (χ0v) is 11.2. The number of hydrogen-bond acceptors (Lipinski definition) is 6. The zero-order chi connectivity index (χ0) is 14.4. The van der Waals surface area contributed by atoms with E-state index in [1.807, 2.05) is 6.92 Å². The summed E-state index contributed by atoms with van der Waals surface area (Å²) in [6, 6.07) is 5.18. The lowest BCUT2D eigenvalue weighted by Crippen LogP contribution is -2.04. The lowest BCUT2D eigenvalue weighted by molar-refractivity contribution is -0.132. The highest BCUT2D eigenvalue weighted by Gasteiger charge is 2.08. The van der Waals surface area contributed by atoms with Crippen LogP contribution in [-0.4, -0.2) is 33.7 Å². The molecule has 2 aromatic rings. The van der Waals surface area contributed by atoms with Gasteiger partial charge in [-0.3, -0.25) is 4.79 Å². The summed E-state index contributed by atoms with van der Waals surface area (Å²) in [7, 11) is 0. The number of carbonyl (C=O) groups is 1. The average Bonchev–Trinajstić information content (AvgIpc) is 2.92. The van der Waals surface area contributed by atoms with Crippen LogP contribution < -0.4 is 9.47 Å². The number of rotatable bonds is 5. The molecule has 0 saturated carbocycles. The van der Waals surface area contributed by atoms with E-state index in [1.165, 1.54) is 24.3 Å². The van der Waals surface area contributed by atoms with Crippen molar-refractivity contribution < 1.29 is 14.3 Å². The molecule has 0 bridgehead atoms. The van der Waals surface area contributed by atoms with E-state index in [2.05, 4.69) is 15.3 Å². The minimum Gasteiger partial charge on any atom is -0.490 e. The van der Waals surface area contributed by atoms with Crippen molar-refractivity contribution in [3.8, 4) is 11.5 Å². The molecule has 0 radical (unpaired) electrons. The summed E-state index contributed by atoms with van der Waals surface area (Å²) in [5, 5.41) is 11.4. The molecule has 0 aliphatic carbocycles. The fourth-order valence-corrected chi connectivity index (χ4v) is 1.50. The summed E-state index contributed by atoms with van der Waals surface area (Å²) in [6.45, 7) is 3.67. The third-order valence-corrected chi connectivity index (χ3v) is 2.27. The molecule has 1 heterocycles. The van der Waals surface area contributed by atoms with E-state index < -0.39 is 5.97 Å². The van der Waals surface area contributed by atoms with Gasteiger partial charge in [0.1, 0.15) is 12.7 Å². The van der Waals surface area contributed by atoms with Crippen LogP contribution in [-0.2, 0) is 4.79 Å². The molecule has 0 saturated heterocycles. The van der Waals surface area contributed by atoms with Crippen LogP contribution in [0.15, 0.2) is 36.0 Å². The SMILES string of the molecule is CCOc1cc(/C=N/n2cnnc2)ccc1OC(C)=O. The van der Waals surface area contributed by atoms with Crippen LogP contribution in [0.4, 0.5) is 0 Å². The van der Waals surface area contributed by atoms with Crippen LogP contribution in [0.5, 0.6) is 11.5 Å². The zero-order valence-electron chi connectivity index (χ0n) is 11.2. The molecule has 0 amide bonds. The highest BCUT2D eigenvalue weighted by atomic mass is 16.6. The fourth-order valence-electron chi connectivity index (χ4n) is 1.50. The second-order valence-corrected chi connectivity index (χ2v) is 3.82. The van der Waals surface area contributed by atoms with Gasteiger partial charge in [0.15, 0.2) is 11.5 Å². The van der Waals surface area contributed by atoms with Gasteiger partial charge in [0, 0.05) is 6.92 Å². The molecule has 0 aliphatic rings. The molecular formula is C13H14N4O3. The highest BCUT2D eigenvalue weighted by molar-refractivity contribution is 5.81. The Balaban J connectivity index is 2.22.